The van der Waals surface area contributed by atoms with Gasteiger partial charge in [0.15, 0.2) is 0 Å². The zero-order valence-electron chi connectivity index (χ0n) is 8.63. The molecule has 1 N–H and O–H groups in total. The summed E-state index contributed by atoms with van der Waals surface area (Å²) in [4.78, 5) is 0. The molecule has 0 aromatic carbocycles. The molecule has 0 aliphatic heterocycles. The minimum absolute atomic E-state index is 0.0428. The van der Waals surface area contributed by atoms with Gasteiger partial charge >= 0.3 is 0 Å². The second kappa shape index (κ2) is 4.50. The Kier molecular flexibility index (Phi) is 3.56. The van der Waals surface area contributed by atoms with E-state index in [0.29, 0.717) is 11.6 Å². The summed E-state index contributed by atoms with van der Waals surface area (Å²) in [7, 11) is 1.87. The Bertz CT molecular complexity index is 362. The normalized spacial score (nSPS) is 12.5. The number of terminal acetylenes is 1. The number of rotatable bonds is 3. The molecule has 0 aliphatic rings. The summed E-state index contributed by atoms with van der Waals surface area (Å²) < 4.78 is 1.77. The third-order valence-electron chi connectivity index (χ3n) is 2.09. The monoisotopic (exact) mass is 211 g/mol. The molecule has 14 heavy (non-hydrogen) atoms. The zero-order chi connectivity index (χ0) is 10.7. The molecule has 0 saturated heterocycles. The van der Waals surface area contributed by atoms with E-state index in [0.717, 1.165) is 11.4 Å². The van der Waals surface area contributed by atoms with Crippen LogP contribution in [0.1, 0.15) is 18.3 Å². The van der Waals surface area contributed by atoms with E-state index in [-0.39, 0.29) is 6.04 Å². The molecule has 0 saturated carbocycles. The fourth-order valence-corrected chi connectivity index (χ4v) is 1.41. The van der Waals surface area contributed by atoms with Crippen molar-refractivity contribution in [2.24, 2.45) is 7.05 Å². The van der Waals surface area contributed by atoms with E-state index in [9.17, 15) is 0 Å². The van der Waals surface area contributed by atoms with Gasteiger partial charge in [0.2, 0.25) is 0 Å². The number of hydrogen-bond donors (Lipinski definition) is 1. The molecular weight excluding hydrogens is 198 g/mol. The number of nitrogens with zero attached hydrogens (tertiary/aromatic N) is 2. The molecule has 0 fully saturated rings. The lowest BCUT2D eigenvalue weighted by Crippen LogP contribution is -2.24. The molecule has 0 amide bonds. The topological polar surface area (TPSA) is 29.9 Å². The van der Waals surface area contributed by atoms with Crippen molar-refractivity contribution in [3.63, 3.8) is 0 Å². The Morgan fingerprint density at radius 3 is 2.79 bits per heavy atom. The third kappa shape index (κ3) is 2.28. The molecule has 0 bridgehead atoms. The predicted molar refractivity (Wildman–Crippen MR) is 58.1 cm³/mol. The van der Waals surface area contributed by atoms with Crippen molar-refractivity contribution in [3.8, 4) is 12.3 Å². The summed E-state index contributed by atoms with van der Waals surface area (Å²) >= 11 is 6.07. The van der Waals surface area contributed by atoms with Crippen molar-refractivity contribution >= 4 is 11.6 Å². The molecular formula is C10H14ClN3. The van der Waals surface area contributed by atoms with Gasteiger partial charge in [-0.25, -0.2) is 0 Å². The SMILES string of the molecule is C#CC(C)NCc1c(Cl)c(C)nn1C. The van der Waals surface area contributed by atoms with Gasteiger partial charge in [0.1, 0.15) is 0 Å². The maximum Gasteiger partial charge on any atom is 0.0860 e. The van der Waals surface area contributed by atoms with Gasteiger partial charge in [0.05, 0.1) is 22.5 Å². The van der Waals surface area contributed by atoms with Gasteiger partial charge in [0.25, 0.3) is 0 Å². The minimum atomic E-state index is 0.0428. The third-order valence-corrected chi connectivity index (χ3v) is 2.58. The van der Waals surface area contributed by atoms with E-state index in [1.54, 1.807) is 4.68 Å². The Morgan fingerprint density at radius 1 is 1.71 bits per heavy atom. The quantitative estimate of drug-likeness (QED) is 0.768. The first kappa shape index (κ1) is 11.1. The van der Waals surface area contributed by atoms with Crippen LogP contribution in [0.2, 0.25) is 5.02 Å². The molecule has 1 heterocycles. The number of hydrogen-bond acceptors (Lipinski definition) is 2. The van der Waals surface area contributed by atoms with Crippen molar-refractivity contribution in [1.29, 1.82) is 0 Å². The minimum Gasteiger partial charge on any atom is -0.298 e. The number of aromatic nitrogens is 2. The second-order valence-electron chi connectivity index (χ2n) is 3.24. The summed E-state index contributed by atoms with van der Waals surface area (Å²) in [5, 5.41) is 8.08. The highest BCUT2D eigenvalue weighted by Gasteiger charge is 2.10. The van der Waals surface area contributed by atoms with Gasteiger partial charge in [-0.05, 0) is 13.8 Å². The fraction of sp³-hybridized carbons (Fsp3) is 0.500. The zero-order valence-corrected chi connectivity index (χ0v) is 9.39. The summed E-state index contributed by atoms with van der Waals surface area (Å²) in [5.74, 6) is 2.60. The van der Waals surface area contributed by atoms with E-state index in [2.05, 4.69) is 16.3 Å². The molecule has 1 aromatic heterocycles. The molecule has 1 aromatic rings. The lowest BCUT2D eigenvalue weighted by molar-refractivity contribution is 0.600. The lowest BCUT2D eigenvalue weighted by atomic mass is 10.3. The molecule has 4 heteroatoms. The maximum absolute atomic E-state index is 6.07. The van der Waals surface area contributed by atoms with E-state index in [1.807, 2.05) is 20.9 Å². The molecule has 76 valence electrons. The second-order valence-corrected chi connectivity index (χ2v) is 3.62. The van der Waals surface area contributed by atoms with Gasteiger partial charge in [-0.3, -0.25) is 10.00 Å². The van der Waals surface area contributed by atoms with Crippen molar-refractivity contribution in [3.05, 3.63) is 16.4 Å². The van der Waals surface area contributed by atoms with Crippen LogP contribution in [0.15, 0.2) is 0 Å². The first-order valence-corrected chi connectivity index (χ1v) is 4.81. The van der Waals surface area contributed by atoms with Gasteiger partial charge in [-0.15, -0.1) is 6.42 Å². The highest BCUT2D eigenvalue weighted by atomic mass is 35.5. The molecule has 0 aliphatic carbocycles. The van der Waals surface area contributed by atoms with Crippen LogP contribution in [-0.4, -0.2) is 15.8 Å². The highest BCUT2D eigenvalue weighted by molar-refractivity contribution is 6.31. The molecule has 3 nitrogen and oxygen atoms in total. The Balaban J connectivity index is 2.73. The van der Waals surface area contributed by atoms with Crippen LogP contribution >= 0.6 is 11.6 Å². The molecule has 0 spiro atoms. The molecule has 1 atom stereocenters. The molecule has 1 rings (SSSR count). The van der Waals surface area contributed by atoms with Gasteiger partial charge in [-0.2, -0.15) is 5.10 Å². The number of aryl methyl sites for hydroxylation is 2. The van der Waals surface area contributed by atoms with E-state index < -0.39 is 0 Å². The summed E-state index contributed by atoms with van der Waals surface area (Å²) in [6.45, 7) is 4.45. The first-order valence-electron chi connectivity index (χ1n) is 4.43. The average Bonchev–Trinajstić information content (AvgIpc) is 2.39. The Morgan fingerprint density at radius 2 is 2.36 bits per heavy atom. The van der Waals surface area contributed by atoms with Crippen LogP contribution in [0.5, 0.6) is 0 Å². The van der Waals surface area contributed by atoms with Crippen LogP contribution in [0, 0.1) is 19.3 Å². The van der Waals surface area contributed by atoms with Gasteiger partial charge in [-0.1, -0.05) is 17.5 Å². The fourth-order valence-electron chi connectivity index (χ4n) is 1.18. The van der Waals surface area contributed by atoms with Gasteiger partial charge in [0, 0.05) is 13.6 Å². The van der Waals surface area contributed by atoms with Crippen LogP contribution in [0.25, 0.3) is 0 Å². The van der Waals surface area contributed by atoms with E-state index in [4.69, 9.17) is 18.0 Å². The summed E-state index contributed by atoms with van der Waals surface area (Å²) in [6, 6.07) is 0.0428. The summed E-state index contributed by atoms with van der Waals surface area (Å²) in [5.41, 5.74) is 1.81. The molecule has 0 radical (unpaired) electrons. The standard InChI is InChI=1S/C10H14ClN3/c1-5-7(2)12-6-9-10(11)8(3)13-14(9)4/h1,7,12H,6H2,2-4H3. The lowest BCUT2D eigenvalue weighted by Gasteiger charge is -2.07. The average molecular weight is 212 g/mol. The Hall–Kier alpha value is -0.980. The van der Waals surface area contributed by atoms with E-state index in [1.165, 1.54) is 0 Å². The van der Waals surface area contributed by atoms with Crippen molar-refractivity contribution in [2.45, 2.75) is 26.4 Å². The largest absolute Gasteiger partial charge is 0.298 e. The Labute approximate surface area is 89.4 Å². The first-order chi connectivity index (χ1) is 6.56. The van der Waals surface area contributed by atoms with Crippen LogP contribution < -0.4 is 5.32 Å². The van der Waals surface area contributed by atoms with Crippen LogP contribution in [-0.2, 0) is 13.6 Å². The van der Waals surface area contributed by atoms with Crippen LogP contribution in [0.3, 0.4) is 0 Å². The van der Waals surface area contributed by atoms with Crippen LogP contribution in [0.4, 0.5) is 0 Å². The van der Waals surface area contributed by atoms with Crippen molar-refractivity contribution in [2.75, 3.05) is 0 Å². The number of nitrogens with one attached hydrogen (secondary N) is 1. The van der Waals surface area contributed by atoms with E-state index >= 15 is 0 Å². The smallest absolute Gasteiger partial charge is 0.0860 e. The van der Waals surface area contributed by atoms with Gasteiger partial charge < -0.3 is 0 Å². The number of halogens is 1. The van der Waals surface area contributed by atoms with Crippen molar-refractivity contribution < 1.29 is 0 Å². The van der Waals surface area contributed by atoms with Crippen molar-refractivity contribution in [1.82, 2.24) is 15.1 Å². The summed E-state index contributed by atoms with van der Waals surface area (Å²) in [6.07, 6.45) is 5.25. The maximum atomic E-state index is 6.07. The molecule has 1 unspecified atom stereocenters. The highest BCUT2D eigenvalue weighted by Crippen LogP contribution is 2.18. The predicted octanol–water partition coefficient (Wildman–Crippen LogP) is 1.49.